The number of nitrogens with one attached hydrogen (secondary N) is 1. The highest BCUT2D eigenvalue weighted by molar-refractivity contribution is 7.18. The largest absolute Gasteiger partial charge is 0.495 e. The van der Waals surface area contributed by atoms with Gasteiger partial charge in [0.25, 0.3) is 11.1 Å². The van der Waals surface area contributed by atoms with Gasteiger partial charge >= 0.3 is 0 Å². The summed E-state index contributed by atoms with van der Waals surface area (Å²) in [7, 11) is 3.14. The molecule has 1 aliphatic carbocycles. The minimum atomic E-state index is -0.130. The second kappa shape index (κ2) is 7.48. The Morgan fingerprint density at radius 2 is 2.03 bits per heavy atom. The first-order valence-electron chi connectivity index (χ1n) is 9.53. The zero-order valence-electron chi connectivity index (χ0n) is 16.5. The highest BCUT2D eigenvalue weighted by Crippen LogP contribution is 2.30. The van der Waals surface area contributed by atoms with Crippen LogP contribution in [0.2, 0.25) is 0 Å². The number of aromatic nitrogens is 5. The van der Waals surface area contributed by atoms with Crippen molar-refractivity contribution in [2.75, 3.05) is 20.8 Å². The second-order valence-electron chi connectivity index (χ2n) is 7.01. The molecule has 10 nitrogen and oxygen atoms in total. The molecule has 0 unspecified atom stereocenters. The molecule has 0 atom stereocenters. The van der Waals surface area contributed by atoms with E-state index in [4.69, 9.17) is 14.2 Å². The standard InChI is InChI=1S/C19H20N6O4S/c1-27-12-6-16(29-10-17(26)20-11-4-3-5-11)15-7-13(22-24(15)8-12)14-9-25-18(21-14)30-19(23-25)28-2/h6-9,11H,3-5,10H2,1-2H3,(H,20,26). The molecule has 1 amide bonds. The van der Waals surface area contributed by atoms with Gasteiger partial charge in [-0.2, -0.15) is 5.10 Å². The quantitative estimate of drug-likeness (QED) is 0.481. The number of fused-ring (bicyclic) bond motifs is 2. The molecule has 1 saturated carbocycles. The first-order chi connectivity index (χ1) is 14.6. The lowest BCUT2D eigenvalue weighted by Crippen LogP contribution is -2.41. The predicted molar refractivity (Wildman–Crippen MR) is 109 cm³/mol. The summed E-state index contributed by atoms with van der Waals surface area (Å²) < 4.78 is 19.6. The van der Waals surface area contributed by atoms with Crippen LogP contribution in [-0.2, 0) is 4.79 Å². The molecule has 0 spiro atoms. The van der Waals surface area contributed by atoms with Gasteiger partial charge in [0.2, 0.25) is 4.96 Å². The molecule has 30 heavy (non-hydrogen) atoms. The molecule has 156 valence electrons. The number of pyridine rings is 1. The normalized spacial score (nSPS) is 14.1. The minimum Gasteiger partial charge on any atom is -0.495 e. The summed E-state index contributed by atoms with van der Waals surface area (Å²) in [6.45, 7) is -0.0657. The van der Waals surface area contributed by atoms with Gasteiger partial charge in [0.1, 0.15) is 28.4 Å². The number of rotatable bonds is 7. The lowest BCUT2D eigenvalue weighted by atomic mass is 9.93. The zero-order chi connectivity index (χ0) is 20.7. The Labute approximate surface area is 175 Å². The third kappa shape index (κ3) is 3.41. The number of methoxy groups -OCH3 is 2. The van der Waals surface area contributed by atoms with Crippen molar-refractivity contribution in [2.45, 2.75) is 25.3 Å². The number of ether oxygens (including phenoxy) is 3. The smallest absolute Gasteiger partial charge is 0.294 e. The van der Waals surface area contributed by atoms with Gasteiger partial charge in [-0.1, -0.05) is 0 Å². The van der Waals surface area contributed by atoms with Gasteiger partial charge in [0.05, 0.1) is 26.6 Å². The first kappa shape index (κ1) is 18.7. The maximum absolute atomic E-state index is 12.1. The molecule has 4 heterocycles. The Bertz CT molecular complexity index is 1190. The van der Waals surface area contributed by atoms with Crippen LogP contribution in [0.5, 0.6) is 16.7 Å². The van der Waals surface area contributed by atoms with Crippen LogP contribution in [0.15, 0.2) is 24.5 Å². The van der Waals surface area contributed by atoms with Crippen LogP contribution < -0.4 is 19.5 Å². The molecule has 0 radical (unpaired) electrons. The van der Waals surface area contributed by atoms with Crippen molar-refractivity contribution in [3.63, 3.8) is 0 Å². The number of imidazole rings is 1. The summed E-state index contributed by atoms with van der Waals surface area (Å²) in [5.41, 5.74) is 2.04. The molecule has 5 rings (SSSR count). The zero-order valence-corrected chi connectivity index (χ0v) is 17.3. The fourth-order valence-corrected chi connectivity index (χ4v) is 3.94. The monoisotopic (exact) mass is 428 g/mol. The highest BCUT2D eigenvalue weighted by Gasteiger charge is 2.20. The van der Waals surface area contributed by atoms with E-state index < -0.39 is 0 Å². The predicted octanol–water partition coefficient (Wildman–Crippen LogP) is 2.17. The average Bonchev–Trinajstić information content (AvgIpc) is 3.40. The molecule has 0 saturated heterocycles. The van der Waals surface area contributed by atoms with Gasteiger partial charge in [0, 0.05) is 12.1 Å². The van der Waals surface area contributed by atoms with Gasteiger partial charge in [-0.05, 0) is 36.7 Å². The molecule has 1 fully saturated rings. The van der Waals surface area contributed by atoms with Gasteiger partial charge < -0.3 is 19.5 Å². The van der Waals surface area contributed by atoms with Crippen LogP contribution in [0, 0.1) is 0 Å². The second-order valence-corrected chi connectivity index (χ2v) is 7.93. The van der Waals surface area contributed by atoms with Crippen LogP contribution in [0.3, 0.4) is 0 Å². The van der Waals surface area contributed by atoms with E-state index in [1.165, 1.54) is 11.3 Å². The van der Waals surface area contributed by atoms with Crippen molar-refractivity contribution in [3.05, 3.63) is 24.5 Å². The van der Waals surface area contributed by atoms with E-state index in [0.29, 0.717) is 38.6 Å². The molecule has 1 N–H and O–H groups in total. The Morgan fingerprint density at radius 1 is 1.17 bits per heavy atom. The van der Waals surface area contributed by atoms with Crippen molar-refractivity contribution >= 4 is 27.7 Å². The minimum absolute atomic E-state index is 0.0657. The maximum Gasteiger partial charge on any atom is 0.294 e. The molecule has 4 aromatic heterocycles. The average molecular weight is 428 g/mol. The summed E-state index contributed by atoms with van der Waals surface area (Å²) in [5.74, 6) is 0.955. The number of hydrogen-bond acceptors (Lipinski definition) is 8. The molecule has 4 aromatic rings. The summed E-state index contributed by atoms with van der Waals surface area (Å²) >= 11 is 1.35. The van der Waals surface area contributed by atoms with Gasteiger partial charge in [0.15, 0.2) is 6.61 Å². The maximum atomic E-state index is 12.1. The van der Waals surface area contributed by atoms with E-state index in [0.717, 1.165) is 19.3 Å². The molecule has 0 aliphatic heterocycles. The number of carbonyl (C=O) groups excluding carboxylic acids is 1. The fourth-order valence-electron chi connectivity index (χ4n) is 3.24. The highest BCUT2D eigenvalue weighted by atomic mass is 32.1. The molecular formula is C19H20N6O4S. The van der Waals surface area contributed by atoms with Crippen LogP contribution in [-0.4, -0.2) is 57.0 Å². The molecular weight excluding hydrogens is 408 g/mol. The molecule has 0 bridgehead atoms. The number of amides is 1. The Hall–Kier alpha value is -3.34. The topological polar surface area (TPSA) is 104 Å². The molecule has 1 aliphatic rings. The fraction of sp³-hybridized carbons (Fsp3) is 0.368. The lowest BCUT2D eigenvalue weighted by Gasteiger charge is -2.26. The van der Waals surface area contributed by atoms with Crippen molar-refractivity contribution < 1.29 is 19.0 Å². The van der Waals surface area contributed by atoms with E-state index in [1.807, 2.05) is 6.07 Å². The molecule has 0 aromatic carbocycles. The van der Waals surface area contributed by atoms with Crippen LogP contribution >= 0.6 is 11.3 Å². The van der Waals surface area contributed by atoms with Gasteiger partial charge in [-0.3, -0.25) is 4.79 Å². The Morgan fingerprint density at radius 3 is 2.73 bits per heavy atom. The summed E-state index contributed by atoms with van der Waals surface area (Å²) in [6.07, 6.45) is 6.77. The number of carbonyl (C=O) groups is 1. The third-order valence-electron chi connectivity index (χ3n) is 5.04. The first-order valence-corrected chi connectivity index (χ1v) is 10.3. The van der Waals surface area contributed by atoms with Crippen molar-refractivity contribution in [1.29, 1.82) is 0 Å². The van der Waals surface area contributed by atoms with Crippen LogP contribution in [0.25, 0.3) is 21.9 Å². The number of nitrogens with zero attached hydrogens (tertiary/aromatic N) is 5. The SMILES string of the molecule is COc1cc(OCC(=O)NC2CCC2)c2cc(-c3cn4nc(OC)sc4n3)nn2c1. The van der Waals surface area contributed by atoms with Gasteiger partial charge in [-0.25, -0.2) is 14.0 Å². The number of hydrogen-bond donors (Lipinski definition) is 1. The summed E-state index contributed by atoms with van der Waals surface area (Å²) in [4.78, 5) is 17.4. The lowest BCUT2D eigenvalue weighted by molar-refractivity contribution is -0.124. The Balaban J connectivity index is 1.43. The summed E-state index contributed by atoms with van der Waals surface area (Å²) in [6, 6.07) is 3.88. The van der Waals surface area contributed by atoms with Crippen molar-refractivity contribution in [3.8, 4) is 28.1 Å². The molecule has 11 heteroatoms. The van der Waals surface area contributed by atoms with Crippen LogP contribution in [0.1, 0.15) is 19.3 Å². The van der Waals surface area contributed by atoms with E-state index in [1.54, 1.807) is 41.7 Å². The third-order valence-corrected chi connectivity index (χ3v) is 5.92. The van der Waals surface area contributed by atoms with Gasteiger partial charge in [-0.15, -0.1) is 5.10 Å². The Kier molecular flexibility index (Phi) is 4.66. The van der Waals surface area contributed by atoms with E-state index in [2.05, 4.69) is 20.5 Å². The van der Waals surface area contributed by atoms with Crippen LogP contribution in [0.4, 0.5) is 0 Å². The van der Waals surface area contributed by atoms with E-state index in [-0.39, 0.29) is 18.6 Å². The van der Waals surface area contributed by atoms with Crippen molar-refractivity contribution in [2.24, 2.45) is 0 Å². The van der Waals surface area contributed by atoms with E-state index >= 15 is 0 Å². The summed E-state index contributed by atoms with van der Waals surface area (Å²) in [5, 5.41) is 12.4. The van der Waals surface area contributed by atoms with E-state index in [9.17, 15) is 4.79 Å². The van der Waals surface area contributed by atoms with Crippen molar-refractivity contribution in [1.82, 2.24) is 29.5 Å².